The van der Waals surface area contributed by atoms with E-state index in [9.17, 15) is 4.39 Å². The van der Waals surface area contributed by atoms with Crippen LogP contribution in [-0.2, 0) is 5.75 Å². The van der Waals surface area contributed by atoms with Crippen molar-refractivity contribution >= 4 is 11.8 Å². The molecule has 3 aromatic rings. The summed E-state index contributed by atoms with van der Waals surface area (Å²) in [6, 6.07) is 12.3. The van der Waals surface area contributed by atoms with Crippen molar-refractivity contribution in [1.29, 1.82) is 0 Å². The summed E-state index contributed by atoms with van der Waals surface area (Å²) >= 11 is 1.41. The van der Waals surface area contributed by atoms with E-state index < -0.39 is 0 Å². The van der Waals surface area contributed by atoms with Crippen molar-refractivity contribution < 1.29 is 13.9 Å². The lowest BCUT2D eigenvalue weighted by Crippen LogP contribution is -2.02. The number of tetrazole rings is 1. The highest BCUT2D eigenvalue weighted by Gasteiger charge is 2.13. The van der Waals surface area contributed by atoms with Crippen LogP contribution >= 0.6 is 11.8 Å². The van der Waals surface area contributed by atoms with Crippen LogP contribution in [0.2, 0.25) is 0 Å². The molecule has 0 atom stereocenters. The van der Waals surface area contributed by atoms with E-state index >= 15 is 0 Å². The maximum Gasteiger partial charge on any atom is 0.214 e. The van der Waals surface area contributed by atoms with Crippen molar-refractivity contribution in [3.05, 3.63) is 53.8 Å². The Labute approximate surface area is 142 Å². The van der Waals surface area contributed by atoms with Gasteiger partial charge in [-0.15, -0.1) is 5.10 Å². The van der Waals surface area contributed by atoms with Crippen molar-refractivity contribution in [2.24, 2.45) is 0 Å². The molecule has 1 heterocycles. The van der Waals surface area contributed by atoms with E-state index in [1.165, 1.54) is 24.9 Å². The monoisotopic (exact) mass is 346 g/mol. The summed E-state index contributed by atoms with van der Waals surface area (Å²) in [6.45, 7) is 0. The van der Waals surface area contributed by atoms with Gasteiger partial charge >= 0.3 is 0 Å². The van der Waals surface area contributed by atoms with Gasteiger partial charge in [0.2, 0.25) is 5.16 Å². The first kappa shape index (κ1) is 16.3. The summed E-state index contributed by atoms with van der Waals surface area (Å²) in [5, 5.41) is 12.4. The normalized spacial score (nSPS) is 10.6. The van der Waals surface area contributed by atoms with Gasteiger partial charge in [0.1, 0.15) is 11.4 Å². The van der Waals surface area contributed by atoms with Crippen LogP contribution in [0, 0.1) is 5.82 Å². The lowest BCUT2D eigenvalue weighted by Gasteiger charge is -2.09. The van der Waals surface area contributed by atoms with Gasteiger partial charge in [0.15, 0.2) is 11.6 Å². The number of benzene rings is 2. The molecule has 0 aliphatic heterocycles. The Bertz CT molecular complexity index is 840. The number of thioether (sulfide) groups is 1. The second-order valence-electron chi connectivity index (χ2n) is 4.80. The minimum Gasteiger partial charge on any atom is -0.494 e. The lowest BCUT2D eigenvalue weighted by molar-refractivity contribution is 0.386. The number of para-hydroxylation sites is 2. The molecule has 24 heavy (non-hydrogen) atoms. The fourth-order valence-electron chi connectivity index (χ4n) is 2.17. The molecular formula is C16H15FN4O2S. The molecule has 0 bridgehead atoms. The molecule has 0 aliphatic rings. The second kappa shape index (κ2) is 7.31. The van der Waals surface area contributed by atoms with E-state index in [-0.39, 0.29) is 11.6 Å². The van der Waals surface area contributed by atoms with E-state index in [2.05, 4.69) is 15.5 Å². The summed E-state index contributed by atoms with van der Waals surface area (Å²) in [5.41, 5.74) is 1.56. The van der Waals surface area contributed by atoms with Gasteiger partial charge in [-0.2, -0.15) is 4.68 Å². The van der Waals surface area contributed by atoms with Crippen LogP contribution in [-0.4, -0.2) is 34.4 Å². The Kier molecular flexibility index (Phi) is 4.95. The maximum absolute atomic E-state index is 13.8. The molecule has 0 saturated carbocycles. The highest BCUT2D eigenvalue weighted by Crippen LogP contribution is 2.28. The predicted octanol–water partition coefficient (Wildman–Crippen LogP) is 3.11. The van der Waals surface area contributed by atoms with E-state index in [0.717, 1.165) is 11.3 Å². The molecule has 0 unspecified atom stereocenters. The largest absolute Gasteiger partial charge is 0.494 e. The number of rotatable bonds is 6. The van der Waals surface area contributed by atoms with Gasteiger partial charge in [-0.05, 0) is 40.3 Å². The highest BCUT2D eigenvalue weighted by molar-refractivity contribution is 7.98. The average Bonchev–Trinajstić information content (AvgIpc) is 3.08. The van der Waals surface area contributed by atoms with Crippen LogP contribution in [0.5, 0.6) is 11.5 Å². The Hall–Kier alpha value is -2.61. The van der Waals surface area contributed by atoms with Crippen LogP contribution in [0.3, 0.4) is 0 Å². The first-order chi connectivity index (χ1) is 11.7. The zero-order chi connectivity index (χ0) is 16.9. The summed E-state index contributed by atoms with van der Waals surface area (Å²) in [6.07, 6.45) is 0. The maximum atomic E-state index is 13.8. The Morgan fingerprint density at radius 1 is 1.08 bits per heavy atom. The summed E-state index contributed by atoms with van der Waals surface area (Å²) < 4.78 is 25.6. The molecule has 0 N–H and O–H groups in total. The summed E-state index contributed by atoms with van der Waals surface area (Å²) in [4.78, 5) is 0. The standard InChI is InChI=1S/C16H15FN4O2S/c1-22-14-8-7-11(9-12(14)17)10-24-16-18-19-20-21(16)13-5-3-4-6-15(13)23-2/h3-9H,10H2,1-2H3. The van der Waals surface area contributed by atoms with Crippen molar-refractivity contribution in [2.75, 3.05) is 14.2 Å². The number of hydrogen-bond acceptors (Lipinski definition) is 6. The molecule has 0 saturated heterocycles. The second-order valence-corrected chi connectivity index (χ2v) is 5.75. The van der Waals surface area contributed by atoms with Crippen LogP contribution in [0.25, 0.3) is 5.69 Å². The molecule has 6 nitrogen and oxygen atoms in total. The van der Waals surface area contributed by atoms with Gasteiger partial charge in [0, 0.05) is 5.75 Å². The van der Waals surface area contributed by atoms with Crippen molar-refractivity contribution in [3.8, 4) is 17.2 Å². The zero-order valence-corrected chi connectivity index (χ0v) is 14.0. The van der Waals surface area contributed by atoms with E-state index in [1.54, 1.807) is 17.9 Å². The minimum atomic E-state index is -0.389. The predicted molar refractivity (Wildman–Crippen MR) is 88.2 cm³/mol. The molecule has 0 amide bonds. The smallest absolute Gasteiger partial charge is 0.214 e. The molecule has 3 rings (SSSR count). The first-order valence-electron chi connectivity index (χ1n) is 7.10. The quantitative estimate of drug-likeness (QED) is 0.639. The van der Waals surface area contributed by atoms with Crippen LogP contribution in [0.4, 0.5) is 4.39 Å². The van der Waals surface area contributed by atoms with Gasteiger partial charge in [-0.3, -0.25) is 0 Å². The van der Waals surface area contributed by atoms with E-state index in [1.807, 2.05) is 30.3 Å². The van der Waals surface area contributed by atoms with Gasteiger partial charge in [0.05, 0.1) is 14.2 Å². The van der Waals surface area contributed by atoms with Crippen molar-refractivity contribution in [1.82, 2.24) is 20.2 Å². The number of ether oxygens (including phenoxy) is 2. The summed E-state index contributed by atoms with van der Waals surface area (Å²) in [7, 11) is 3.03. The molecule has 2 aromatic carbocycles. The van der Waals surface area contributed by atoms with Gasteiger partial charge < -0.3 is 9.47 Å². The first-order valence-corrected chi connectivity index (χ1v) is 8.08. The molecule has 124 valence electrons. The Morgan fingerprint density at radius 2 is 1.88 bits per heavy atom. The van der Waals surface area contributed by atoms with Crippen LogP contribution < -0.4 is 9.47 Å². The van der Waals surface area contributed by atoms with Gasteiger partial charge in [0.25, 0.3) is 0 Å². The van der Waals surface area contributed by atoms with Gasteiger partial charge in [-0.1, -0.05) is 30.0 Å². The highest BCUT2D eigenvalue weighted by atomic mass is 32.2. The summed E-state index contributed by atoms with van der Waals surface area (Å²) in [5.74, 6) is 1.03. The lowest BCUT2D eigenvalue weighted by atomic mass is 10.2. The zero-order valence-electron chi connectivity index (χ0n) is 13.1. The van der Waals surface area contributed by atoms with Crippen molar-refractivity contribution in [3.63, 3.8) is 0 Å². The average molecular weight is 346 g/mol. The third kappa shape index (κ3) is 3.33. The Morgan fingerprint density at radius 3 is 2.62 bits per heavy atom. The molecule has 0 fully saturated rings. The number of halogens is 1. The third-order valence-corrected chi connectivity index (χ3v) is 4.33. The van der Waals surface area contributed by atoms with Gasteiger partial charge in [-0.25, -0.2) is 4.39 Å². The van der Waals surface area contributed by atoms with Crippen molar-refractivity contribution in [2.45, 2.75) is 10.9 Å². The minimum absolute atomic E-state index is 0.225. The fourth-order valence-corrected chi connectivity index (χ4v) is 3.00. The number of methoxy groups -OCH3 is 2. The molecular weight excluding hydrogens is 331 g/mol. The Balaban J connectivity index is 1.80. The molecule has 0 aliphatic carbocycles. The molecule has 0 radical (unpaired) electrons. The van der Waals surface area contributed by atoms with Crippen LogP contribution in [0.15, 0.2) is 47.6 Å². The number of nitrogens with zero attached hydrogens (tertiary/aromatic N) is 4. The van der Waals surface area contributed by atoms with E-state index in [0.29, 0.717) is 16.7 Å². The third-order valence-electron chi connectivity index (χ3n) is 3.34. The van der Waals surface area contributed by atoms with E-state index in [4.69, 9.17) is 9.47 Å². The SMILES string of the molecule is COc1ccc(CSc2nnnn2-c2ccccc2OC)cc1F. The number of aromatic nitrogens is 4. The van der Waals surface area contributed by atoms with Crippen LogP contribution in [0.1, 0.15) is 5.56 Å². The molecule has 1 aromatic heterocycles. The molecule has 0 spiro atoms. The molecule has 8 heteroatoms. The topological polar surface area (TPSA) is 62.1 Å². The fraction of sp³-hybridized carbons (Fsp3) is 0.188. The number of hydrogen-bond donors (Lipinski definition) is 0.